The molecule has 2 rings (SSSR count). The molecule has 1 aliphatic carbocycles. The van der Waals surface area contributed by atoms with E-state index in [1.165, 1.54) is 25.7 Å². The van der Waals surface area contributed by atoms with E-state index in [4.69, 9.17) is 12.2 Å². The molecule has 1 aromatic rings. The Bertz CT molecular complexity index is 565. The number of rotatable bonds is 6. The Morgan fingerprint density at radius 3 is 2.12 bits per heavy atom. The maximum atomic E-state index is 13.1. The monoisotopic (exact) mass is 360 g/mol. The number of hydrogen-bond donors (Lipinski definition) is 0. The molecule has 0 heterocycles. The Morgan fingerprint density at radius 1 is 1.04 bits per heavy atom. The third-order valence-electron chi connectivity index (χ3n) is 4.62. The van der Waals surface area contributed by atoms with Crippen molar-refractivity contribution in [1.82, 2.24) is 9.80 Å². The first-order valence-corrected chi connectivity index (χ1v) is 9.98. The first kappa shape index (κ1) is 19.9. The molecule has 1 fully saturated rings. The summed E-state index contributed by atoms with van der Waals surface area (Å²) in [6.45, 7) is 10.3. The summed E-state index contributed by atoms with van der Waals surface area (Å²) in [5.74, 6) is 0.910. The molecule has 0 radical (unpaired) electrons. The number of hydrogen-bond acceptors (Lipinski definition) is 2. The summed E-state index contributed by atoms with van der Waals surface area (Å²) in [5, 5.41) is 0.711. The molecule has 0 N–H and O–H groups in total. The lowest BCUT2D eigenvalue weighted by atomic mass is 10.1. The molecular formula is C21H32N2OS. The second kappa shape index (κ2) is 9.33. The van der Waals surface area contributed by atoms with E-state index in [1.54, 1.807) is 0 Å². The molecule has 138 valence electrons. The molecule has 0 aliphatic heterocycles. The largest absolute Gasteiger partial charge is 0.346 e. The number of carbonyl (C=O) groups is 1. The van der Waals surface area contributed by atoms with E-state index in [2.05, 4.69) is 32.6 Å². The zero-order chi connectivity index (χ0) is 18.4. The lowest BCUT2D eigenvalue weighted by Gasteiger charge is -2.38. The van der Waals surface area contributed by atoms with Crippen LogP contribution in [-0.4, -0.2) is 40.0 Å². The van der Waals surface area contributed by atoms with Crippen molar-refractivity contribution in [3.8, 4) is 0 Å². The van der Waals surface area contributed by atoms with Gasteiger partial charge in [-0.15, -0.1) is 0 Å². The number of amides is 1. The quantitative estimate of drug-likeness (QED) is 0.669. The van der Waals surface area contributed by atoms with Gasteiger partial charge in [0.2, 0.25) is 0 Å². The van der Waals surface area contributed by atoms with E-state index in [-0.39, 0.29) is 5.91 Å². The molecule has 1 aliphatic rings. The molecule has 0 atom stereocenters. The fraction of sp³-hybridized carbons (Fsp3) is 0.619. The van der Waals surface area contributed by atoms with Gasteiger partial charge in [-0.05, 0) is 49.0 Å². The van der Waals surface area contributed by atoms with E-state index in [0.717, 1.165) is 6.54 Å². The molecule has 1 aromatic carbocycles. The van der Waals surface area contributed by atoms with Gasteiger partial charge < -0.3 is 4.90 Å². The minimum absolute atomic E-state index is 0.0195. The summed E-state index contributed by atoms with van der Waals surface area (Å²) >= 11 is 5.88. The molecule has 25 heavy (non-hydrogen) atoms. The van der Waals surface area contributed by atoms with E-state index >= 15 is 0 Å². The van der Waals surface area contributed by atoms with Crippen LogP contribution in [0.3, 0.4) is 0 Å². The van der Waals surface area contributed by atoms with E-state index in [1.807, 2.05) is 35.2 Å². The normalized spacial score (nSPS) is 15.0. The first-order valence-electron chi connectivity index (χ1n) is 9.57. The molecule has 0 bridgehead atoms. The highest BCUT2D eigenvalue weighted by Gasteiger charge is 2.31. The van der Waals surface area contributed by atoms with Gasteiger partial charge in [0.25, 0.3) is 5.91 Å². The van der Waals surface area contributed by atoms with Crippen LogP contribution in [0.1, 0.15) is 63.7 Å². The maximum absolute atomic E-state index is 13.1. The van der Waals surface area contributed by atoms with Crippen molar-refractivity contribution in [2.75, 3.05) is 13.1 Å². The van der Waals surface area contributed by atoms with Gasteiger partial charge in [-0.25, -0.2) is 0 Å². The molecule has 3 nitrogen and oxygen atoms in total. The zero-order valence-corrected chi connectivity index (χ0v) is 16.9. The summed E-state index contributed by atoms with van der Waals surface area (Å²) in [6.07, 6.45) is 4.89. The van der Waals surface area contributed by atoms with Crippen LogP contribution in [0.15, 0.2) is 30.3 Å². The van der Waals surface area contributed by atoms with Crippen molar-refractivity contribution in [2.24, 2.45) is 11.8 Å². The summed E-state index contributed by atoms with van der Waals surface area (Å²) in [5.41, 5.74) is 0.710. The Morgan fingerprint density at radius 2 is 1.60 bits per heavy atom. The summed E-state index contributed by atoms with van der Waals surface area (Å²) in [6, 6.07) is 9.99. The molecule has 1 amide bonds. The second-order valence-electron chi connectivity index (χ2n) is 7.94. The third kappa shape index (κ3) is 5.53. The number of carbonyl (C=O) groups excluding carboxylic acids is 1. The average molecular weight is 361 g/mol. The topological polar surface area (TPSA) is 23.6 Å². The van der Waals surface area contributed by atoms with Crippen LogP contribution in [0.5, 0.6) is 0 Å². The third-order valence-corrected chi connectivity index (χ3v) is 5.07. The molecule has 0 aromatic heterocycles. The Balaban J connectivity index is 2.26. The molecule has 4 heteroatoms. The molecular weight excluding hydrogens is 328 g/mol. The Kier molecular flexibility index (Phi) is 7.42. The molecule has 0 saturated heterocycles. The average Bonchev–Trinajstić information content (AvgIpc) is 3.11. The van der Waals surface area contributed by atoms with Gasteiger partial charge in [-0.1, -0.05) is 58.7 Å². The van der Waals surface area contributed by atoms with Gasteiger partial charge in [0.15, 0.2) is 5.11 Å². The molecule has 1 saturated carbocycles. The SMILES string of the molecule is CC(C)CN(C(=O)c1ccccc1)C(=S)N(CC(C)C)C1CCCC1. The second-order valence-corrected chi connectivity index (χ2v) is 8.31. The lowest BCUT2D eigenvalue weighted by Crippen LogP contribution is -2.51. The molecule has 0 spiro atoms. The van der Waals surface area contributed by atoms with Crippen LogP contribution in [0.4, 0.5) is 0 Å². The predicted molar refractivity (Wildman–Crippen MR) is 109 cm³/mol. The van der Waals surface area contributed by atoms with Crippen molar-refractivity contribution >= 4 is 23.2 Å². The Labute approximate surface area is 158 Å². The number of nitrogens with zero attached hydrogens (tertiary/aromatic N) is 2. The van der Waals surface area contributed by atoms with Crippen molar-refractivity contribution in [2.45, 2.75) is 59.4 Å². The van der Waals surface area contributed by atoms with Gasteiger partial charge in [0, 0.05) is 24.7 Å². The maximum Gasteiger partial charge on any atom is 0.260 e. The van der Waals surface area contributed by atoms with Crippen LogP contribution in [0.25, 0.3) is 0 Å². The van der Waals surface area contributed by atoms with Crippen molar-refractivity contribution in [1.29, 1.82) is 0 Å². The summed E-state index contributed by atoms with van der Waals surface area (Å²) < 4.78 is 0. The highest BCUT2D eigenvalue weighted by molar-refractivity contribution is 7.80. The fourth-order valence-corrected chi connectivity index (χ4v) is 3.88. The predicted octanol–water partition coefficient (Wildman–Crippen LogP) is 4.97. The van der Waals surface area contributed by atoms with Crippen LogP contribution in [0.2, 0.25) is 0 Å². The van der Waals surface area contributed by atoms with Crippen molar-refractivity contribution in [3.05, 3.63) is 35.9 Å². The smallest absolute Gasteiger partial charge is 0.260 e. The minimum atomic E-state index is 0.0195. The standard InChI is InChI=1S/C21H32N2OS/c1-16(2)14-22(19-12-8-9-13-19)21(25)23(15-17(3)4)20(24)18-10-6-5-7-11-18/h5-7,10-11,16-17,19H,8-9,12-15H2,1-4H3. The van der Waals surface area contributed by atoms with Crippen molar-refractivity contribution in [3.63, 3.8) is 0 Å². The number of benzene rings is 1. The van der Waals surface area contributed by atoms with Crippen LogP contribution in [0, 0.1) is 11.8 Å². The summed E-state index contributed by atoms with van der Waals surface area (Å²) in [4.78, 5) is 17.3. The zero-order valence-electron chi connectivity index (χ0n) is 16.1. The van der Waals surface area contributed by atoms with Gasteiger partial charge in [-0.3, -0.25) is 9.69 Å². The van der Waals surface area contributed by atoms with E-state index in [0.29, 0.717) is 35.1 Å². The highest BCUT2D eigenvalue weighted by Crippen LogP contribution is 2.26. The van der Waals surface area contributed by atoms with Crippen LogP contribution < -0.4 is 0 Å². The fourth-order valence-electron chi connectivity index (χ4n) is 3.50. The lowest BCUT2D eigenvalue weighted by molar-refractivity contribution is 0.0813. The summed E-state index contributed by atoms with van der Waals surface area (Å²) in [7, 11) is 0. The van der Waals surface area contributed by atoms with E-state index < -0.39 is 0 Å². The minimum Gasteiger partial charge on any atom is -0.346 e. The van der Waals surface area contributed by atoms with Gasteiger partial charge >= 0.3 is 0 Å². The Hall–Kier alpha value is -1.42. The molecule has 0 unspecified atom stereocenters. The van der Waals surface area contributed by atoms with Crippen LogP contribution >= 0.6 is 12.2 Å². The number of thiocarbonyl (C=S) groups is 1. The van der Waals surface area contributed by atoms with Gasteiger partial charge in [0.1, 0.15) is 0 Å². The highest BCUT2D eigenvalue weighted by atomic mass is 32.1. The van der Waals surface area contributed by atoms with Crippen LogP contribution in [-0.2, 0) is 0 Å². The van der Waals surface area contributed by atoms with E-state index in [9.17, 15) is 4.79 Å². The van der Waals surface area contributed by atoms with Gasteiger partial charge in [0.05, 0.1) is 0 Å². The van der Waals surface area contributed by atoms with Gasteiger partial charge in [-0.2, -0.15) is 0 Å². The first-order chi connectivity index (χ1) is 11.9. The van der Waals surface area contributed by atoms with Crippen molar-refractivity contribution < 1.29 is 4.79 Å².